The minimum atomic E-state index is -0.432. The van der Waals surface area contributed by atoms with Crippen molar-refractivity contribution in [2.24, 2.45) is 0 Å². The average molecular weight is 513 g/mol. The van der Waals surface area contributed by atoms with Crippen LogP contribution in [0.2, 0.25) is 0 Å². The van der Waals surface area contributed by atoms with E-state index < -0.39 is 5.82 Å². The third kappa shape index (κ3) is 5.19. The summed E-state index contributed by atoms with van der Waals surface area (Å²) in [5, 5.41) is 16.9. The Kier molecular flexibility index (Phi) is 6.77. The molecule has 0 spiro atoms. The van der Waals surface area contributed by atoms with Crippen LogP contribution in [0.4, 0.5) is 4.39 Å². The topological polar surface area (TPSA) is 109 Å². The van der Waals surface area contributed by atoms with E-state index in [1.165, 1.54) is 12.4 Å². The van der Waals surface area contributed by atoms with Gasteiger partial charge < -0.3 is 15.4 Å². The molecular weight excluding hydrogens is 483 g/mol. The molecule has 0 aliphatic heterocycles. The van der Waals surface area contributed by atoms with E-state index in [9.17, 15) is 4.79 Å². The SMILES string of the molecule is CC(C)(C)c1ccc(C(=O)NCc2ccc(-c3ncnc4[nH]c(-c5cnn(CCO)c5)cc34)cc2F)cc1. The van der Waals surface area contributed by atoms with E-state index in [1.54, 1.807) is 35.1 Å². The molecule has 2 aromatic carbocycles. The first kappa shape index (κ1) is 25.3. The average Bonchev–Trinajstić information content (AvgIpc) is 3.54. The number of aromatic nitrogens is 5. The molecule has 0 radical (unpaired) electrons. The number of aliphatic hydroxyl groups excluding tert-OH is 1. The van der Waals surface area contributed by atoms with Crippen molar-refractivity contribution in [2.75, 3.05) is 6.61 Å². The van der Waals surface area contributed by atoms with E-state index in [-0.39, 0.29) is 24.5 Å². The van der Waals surface area contributed by atoms with Gasteiger partial charge >= 0.3 is 0 Å². The molecule has 0 fully saturated rings. The highest BCUT2D eigenvalue weighted by Gasteiger charge is 2.16. The Morgan fingerprint density at radius 1 is 1.08 bits per heavy atom. The summed E-state index contributed by atoms with van der Waals surface area (Å²) in [4.78, 5) is 24.6. The van der Waals surface area contributed by atoms with Crippen LogP contribution in [-0.2, 0) is 18.5 Å². The molecule has 0 bridgehead atoms. The first-order valence-electron chi connectivity index (χ1n) is 12.4. The molecule has 0 saturated carbocycles. The van der Waals surface area contributed by atoms with Crippen LogP contribution in [0.1, 0.15) is 42.3 Å². The van der Waals surface area contributed by atoms with E-state index in [1.807, 2.05) is 24.4 Å². The molecule has 0 atom stereocenters. The summed E-state index contributed by atoms with van der Waals surface area (Å²) in [5.74, 6) is -0.688. The van der Waals surface area contributed by atoms with Gasteiger partial charge in [0.1, 0.15) is 17.8 Å². The molecule has 0 saturated heterocycles. The fourth-order valence-corrected chi connectivity index (χ4v) is 4.29. The lowest BCUT2D eigenvalue weighted by molar-refractivity contribution is 0.0950. The lowest BCUT2D eigenvalue weighted by atomic mass is 9.87. The van der Waals surface area contributed by atoms with Crippen molar-refractivity contribution < 1.29 is 14.3 Å². The highest BCUT2D eigenvalue weighted by Crippen LogP contribution is 2.30. The van der Waals surface area contributed by atoms with Gasteiger partial charge in [-0.05, 0) is 35.2 Å². The van der Waals surface area contributed by atoms with Crippen LogP contribution in [0.3, 0.4) is 0 Å². The zero-order valence-electron chi connectivity index (χ0n) is 21.5. The van der Waals surface area contributed by atoms with Crippen molar-refractivity contribution in [3.05, 3.63) is 89.8 Å². The Hall–Kier alpha value is -4.37. The molecule has 3 heterocycles. The number of H-pyrrole nitrogens is 1. The number of benzene rings is 2. The van der Waals surface area contributed by atoms with Crippen LogP contribution in [0.15, 0.2) is 67.3 Å². The largest absolute Gasteiger partial charge is 0.394 e. The third-order valence-corrected chi connectivity index (χ3v) is 6.48. The van der Waals surface area contributed by atoms with Crippen molar-refractivity contribution in [3.8, 4) is 22.5 Å². The van der Waals surface area contributed by atoms with Crippen molar-refractivity contribution in [3.63, 3.8) is 0 Å². The van der Waals surface area contributed by atoms with Crippen LogP contribution in [-0.4, -0.2) is 42.4 Å². The number of nitrogens with one attached hydrogen (secondary N) is 2. The Bertz CT molecular complexity index is 1600. The van der Waals surface area contributed by atoms with E-state index in [4.69, 9.17) is 5.11 Å². The molecule has 0 aliphatic rings. The zero-order valence-corrected chi connectivity index (χ0v) is 21.5. The molecule has 5 rings (SSSR count). The van der Waals surface area contributed by atoms with Crippen molar-refractivity contribution in [2.45, 2.75) is 39.3 Å². The van der Waals surface area contributed by atoms with Gasteiger partial charge in [-0.2, -0.15) is 5.10 Å². The number of nitrogens with zero attached hydrogens (tertiary/aromatic N) is 4. The number of hydrogen-bond acceptors (Lipinski definition) is 5. The van der Waals surface area contributed by atoms with Gasteiger partial charge in [-0.25, -0.2) is 14.4 Å². The fourth-order valence-electron chi connectivity index (χ4n) is 4.29. The maximum Gasteiger partial charge on any atom is 0.251 e. The quantitative estimate of drug-likeness (QED) is 0.289. The van der Waals surface area contributed by atoms with Gasteiger partial charge in [0.2, 0.25) is 0 Å². The Balaban J connectivity index is 1.33. The monoisotopic (exact) mass is 512 g/mol. The van der Waals surface area contributed by atoms with Gasteiger partial charge in [0, 0.05) is 40.4 Å². The number of amides is 1. The maximum absolute atomic E-state index is 15.1. The Morgan fingerprint density at radius 2 is 1.87 bits per heavy atom. The van der Waals surface area contributed by atoms with Gasteiger partial charge in [0.25, 0.3) is 5.91 Å². The normalized spacial score (nSPS) is 11.7. The van der Waals surface area contributed by atoms with Gasteiger partial charge in [-0.1, -0.05) is 45.0 Å². The number of rotatable bonds is 7. The number of aromatic amines is 1. The first-order valence-corrected chi connectivity index (χ1v) is 12.4. The highest BCUT2D eigenvalue weighted by molar-refractivity contribution is 5.95. The molecule has 3 N–H and O–H groups in total. The first-order chi connectivity index (χ1) is 18.2. The van der Waals surface area contributed by atoms with Crippen LogP contribution < -0.4 is 5.32 Å². The maximum atomic E-state index is 15.1. The van der Waals surface area contributed by atoms with E-state index >= 15 is 4.39 Å². The second kappa shape index (κ2) is 10.2. The lowest BCUT2D eigenvalue weighted by Gasteiger charge is -2.19. The van der Waals surface area contributed by atoms with Crippen LogP contribution >= 0.6 is 0 Å². The van der Waals surface area contributed by atoms with Crippen LogP contribution in [0.5, 0.6) is 0 Å². The summed E-state index contributed by atoms with van der Waals surface area (Å²) in [6, 6.07) is 14.2. The van der Waals surface area contributed by atoms with Gasteiger partial charge in [-0.3, -0.25) is 9.48 Å². The van der Waals surface area contributed by atoms with E-state index in [2.05, 4.69) is 46.1 Å². The fraction of sp³-hybridized carbons (Fsp3) is 0.241. The summed E-state index contributed by atoms with van der Waals surface area (Å²) < 4.78 is 16.7. The Labute approximate surface area is 219 Å². The number of carbonyl (C=O) groups is 1. The number of aliphatic hydroxyl groups is 1. The molecule has 0 aliphatic carbocycles. The molecule has 194 valence electrons. The second-order valence-electron chi connectivity index (χ2n) is 10.2. The highest BCUT2D eigenvalue weighted by atomic mass is 19.1. The third-order valence-electron chi connectivity index (χ3n) is 6.48. The molecule has 38 heavy (non-hydrogen) atoms. The van der Waals surface area contributed by atoms with Crippen molar-refractivity contribution >= 4 is 16.9 Å². The molecule has 3 aromatic heterocycles. The number of hydrogen-bond donors (Lipinski definition) is 3. The summed E-state index contributed by atoms with van der Waals surface area (Å²) in [7, 11) is 0. The minimum absolute atomic E-state index is 0.000639. The molecule has 5 aromatic rings. The molecule has 8 nitrogen and oxygen atoms in total. The van der Waals surface area contributed by atoms with Gasteiger partial charge in [0.05, 0.1) is 30.7 Å². The molecule has 1 amide bonds. The number of halogens is 1. The molecule has 0 unspecified atom stereocenters. The molecule has 9 heteroatoms. The van der Waals surface area contributed by atoms with Crippen LogP contribution in [0, 0.1) is 5.82 Å². The van der Waals surface area contributed by atoms with Crippen LogP contribution in [0.25, 0.3) is 33.5 Å². The molecular formula is C29H29FN6O2. The number of carbonyl (C=O) groups excluding carboxylic acids is 1. The van der Waals surface area contributed by atoms with Gasteiger partial charge in [-0.15, -0.1) is 0 Å². The zero-order chi connectivity index (χ0) is 26.9. The van der Waals surface area contributed by atoms with E-state index in [0.717, 1.165) is 22.2 Å². The standard InChI is InChI=1S/C29H29FN6O2/c1-29(2,3)22-8-6-18(7-9-22)28(38)31-14-20-5-4-19(12-24(20)30)26-23-13-25(35-27(23)33-17-32-26)21-15-34-36(16-21)10-11-37/h4-9,12-13,15-17,37H,10-11,14H2,1-3H3,(H,31,38)(H,32,33,35). The van der Waals surface area contributed by atoms with Crippen molar-refractivity contribution in [1.82, 2.24) is 30.0 Å². The van der Waals surface area contributed by atoms with Crippen molar-refractivity contribution in [1.29, 1.82) is 0 Å². The summed E-state index contributed by atoms with van der Waals surface area (Å²) in [6.45, 7) is 6.82. The smallest absolute Gasteiger partial charge is 0.251 e. The predicted molar refractivity (Wildman–Crippen MR) is 144 cm³/mol. The predicted octanol–water partition coefficient (Wildman–Crippen LogP) is 4.85. The second-order valence-corrected chi connectivity index (χ2v) is 10.2. The number of fused-ring (bicyclic) bond motifs is 1. The minimum Gasteiger partial charge on any atom is -0.394 e. The Morgan fingerprint density at radius 3 is 2.58 bits per heavy atom. The summed E-state index contributed by atoms with van der Waals surface area (Å²) in [6.07, 6.45) is 4.97. The summed E-state index contributed by atoms with van der Waals surface area (Å²) in [5.41, 5.74) is 5.50. The van der Waals surface area contributed by atoms with E-state index in [0.29, 0.717) is 34.6 Å². The van der Waals surface area contributed by atoms with Gasteiger partial charge in [0.15, 0.2) is 0 Å². The summed E-state index contributed by atoms with van der Waals surface area (Å²) >= 11 is 0. The lowest BCUT2D eigenvalue weighted by Crippen LogP contribution is -2.23.